The highest BCUT2D eigenvalue weighted by atomic mass is 14.5. The standard InChI is InChI=1S/C8H15N/c1-3-5-8(2)6-4-7-9/h3,6H,1,4-5,7,9H2,2H3. The summed E-state index contributed by atoms with van der Waals surface area (Å²) in [6, 6.07) is 0. The molecule has 52 valence electrons. The van der Waals surface area contributed by atoms with Crippen LogP contribution < -0.4 is 5.73 Å². The van der Waals surface area contributed by atoms with Gasteiger partial charge in [0.15, 0.2) is 0 Å². The van der Waals surface area contributed by atoms with Crippen LogP contribution in [0.4, 0.5) is 0 Å². The minimum atomic E-state index is 0.745. The summed E-state index contributed by atoms with van der Waals surface area (Å²) < 4.78 is 0. The summed E-state index contributed by atoms with van der Waals surface area (Å²) in [5.41, 5.74) is 6.66. The Morgan fingerprint density at radius 3 is 2.78 bits per heavy atom. The number of hydrogen-bond donors (Lipinski definition) is 1. The highest BCUT2D eigenvalue weighted by Crippen LogP contribution is 1.99. The topological polar surface area (TPSA) is 26.0 Å². The van der Waals surface area contributed by atoms with Gasteiger partial charge in [-0.2, -0.15) is 0 Å². The van der Waals surface area contributed by atoms with E-state index < -0.39 is 0 Å². The Morgan fingerprint density at radius 2 is 2.33 bits per heavy atom. The lowest BCUT2D eigenvalue weighted by Crippen LogP contribution is -1.95. The van der Waals surface area contributed by atoms with Gasteiger partial charge in [0.25, 0.3) is 0 Å². The van der Waals surface area contributed by atoms with Gasteiger partial charge >= 0.3 is 0 Å². The maximum atomic E-state index is 5.30. The van der Waals surface area contributed by atoms with Crippen LogP contribution in [0.15, 0.2) is 24.3 Å². The molecule has 0 aliphatic rings. The Balaban J connectivity index is 3.42. The fourth-order valence-corrected chi connectivity index (χ4v) is 0.641. The summed E-state index contributed by atoms with van der Waals surface area (Å²) in [4.78, 5) is 0. The van der Waals surface area contributed by atoms with Gasteiger partial charge in [0, 0.05) is 0 Å². The normalized spacial score (nSPS) is 11.6. The minimum absolute atomic E-state index is 0.745. The zero-order valence-corrected chi connectivity index (χ0v) is 6.06. The van der Waals surface area contributed by atoms with E-state index >= 15 is 0 Å². The first-order valence-electron chi connectivity index (χ1n) is 3.28. The van der Waals surface area contributed by atoms with Gasteiger partial charge in [0.05, 0.1) is 0 Å². The van der Waals surface area contributed by atoms with E-state index in [1.807, 2.05) is 6.08 Å². The van der Waals surface area contributed by atoms with Gasteiger partial charge in [-0.25, -0.2) is 0 Å². The van der Waals surface area contributed by atoms with Gasteiger partial charge in [-0.15, -0.1) is 6.58 Å². The molecule has 1 heteroatoms. The summed E-state index contributed by atoms with van der Waals surface area (Å²) in [6.07, 6.45) is 6.03. The predicted octanol–water partition coefficient (Wildman–Crippen LogP) is 1.86. The van der Waals surface area contributed by atoms with Crippen LogP contribution in [0.5, 0.6) is 0 Å². The molecule has 0 atom stereocenters. The SMILES string of the molecule is C=CCC(C)=CCCN. The third-order valence-corrected chi connectivity index (χ3v) is 1.13. The van der Waals surface area contributed by atoms with E-state index in [1.54, 1.807) is 0 Å². The summed E-state index contributed by atoms with van der Waals surface area (Å²) in [5, 5.41) is 0. The zero-order chi connectivity index (χ0) is 7.11. The summed E-state index contributed by atoms with van der Waals surface area (Å²) in [5.74, 6) is 0. The molecule has 0 saturated heterocycles. The van der Waals surface area contributed by atoms with E-state index in [0.717, 1.165) is 19.4 Å². The lowest BCUT2D eigenvalue weighted by molar-refractivity contribution is 0.987. The molecule has 1 nitrogen and oxygen atoms in total. The van der Waals surface area contributed by atoms with Crippen molar-refractivity contribution in [3.8, 4) is 0 Å². The van der Waals surface area contributed by atoms with Crippen molar-refractivity contribution in [2.45, 2.75) is 19.8 Å². The van der Waals surface area contributed by atoms with Crippen LogP contribution in [0.2, 0.25) is 0 Å². The largest absolute Gasteiger partial charge is 0.330 e. The Morgan fingerprint density at radius 1 is 1.67 bits per heavy atom. The number of hydrogen-bond acceptors (Lipinski definition) is 1. The van der Waals surface area contributed by atoms with Crippen LogP contribution in [-0.4, -0.2) is 6.54 Å². The van der Waals surface area contributed by atoms with Gasteiger partial charge in [-0.05, 0) is 26.3 Å². The summed E-state index contributed by atoms with van der Waals surface area (Å²) >= 11 is 0. The number of nitrogens with two attached hydrogens (primary N) is 1. The Bertz CT molecular complexity index is 103. The van der Waals surface area contributed by atoms with Crippen molar-refractivity contribution in [2.24, 2.45) is 5.73 Å². The smallest absolute Gasteiger partial charge is 0.00425 e. The molecule has 0 aliphatic carbocycles. The molecular weight excluding hydrogens is 110 g/mol. The van der Waals surface area contributed by atoms with Crippen molar-refractivity contribution in [3.05, 3.63) is 24.3 Å². The summed E-state index contributed by atoms with van der Waals surface area (Å²) in [6.45, 7) is 6.48. The molecule has 0 aromatic carbocycles. The molecule has 0 unspecified atom stereocenters. The molecule has 0 bridgehead atoms. The molecule has 2 N–H and O–H groups in total. The van der Waals surface area contributed by atoms with Crippen molar-refractivity contribution in [1.82, 2.24) is 0 Å². The molecule has 9 heavy (non-hydrogen) atoms. The molecule has 0 rings (SSSR count). The monoisotopic (exact) mass is 125 g/mol. The first-order chi connectivity index (χ1) is 4.31. The average Bonchev–Trinajstić information content (AvgIpc) is 1.85. The van der Waals surface area contributed by atoms with Gasteiger partial charge in [0.1, 0.15) is 0 Å². The minimum Gasteiger partial charge on any atom is -0.330 e. The second-order valence-corrected chi connectivity index (χ2v) is 2.12. The van der Waals surface area contributed by atoms with Crippen LogP contribution in [0.25, 0.3) is 0 Å². The molecule has 0 spiro atoms. The molecule has 0 heterocycles. The first-order valence-corrected chi connectivity index (χ1v) is 3.28. The van der Waals surface area contributed by atoms with Crippen LogP contribution in [0, 0.1) is 0 Å². The van der Waals surface area contributed by atoms with Gasteiger partial charge in [-0.3, -0.25) is 0 Å². The average molecular weight is 125 g/mol. The Hall–Kier alpha value is -0.560. The highest BCUT2D eigenvalue weighted by Gasteiger charge is 1.81. The van der Waals surface area contributed by atoms with E-state index in [2.05, 4.69) is 19.6 Å². The fourth-order valence-electron chi connectivity index (χ4n) is 0.641. The van der Waals surface area contributed by atoms with Crippen LogP contribution >= 0.6 is 0 Å². The third-order valence-electron chi connectivity index (χ3n) is 1.13. The maximum Gasteiger partial charge on any atom is -0.00425 e. The number of rotatable bonds is 4. The molecule has 0 amide bonds. The van der Waals surface area contributed by atoms with Crippen molar-refractivity contribution >= 4 is 0 Å². The van der Waals surface area contributed by atoms with E-state index in [9.17, 15) is 0 Å². The van der Waals surface area contributed by atoms with Gasteiger partial charge in [-0.1, -0.05) is 17.7 Å². The predicted molar refractivity (Wildman–Crippen MR) is 42.2 cm³/mol. The number of allylic oxidation sites excluding steroid dienone is 2. The Kier molecular flexibility index (Phi) is 5.23. The van der Waals surface area contributed by atoms with Crippen molar-refractivity contribution in [1.29, 1.82) is 0 Å². The van der Waals surface area contributed by atoms with E-state index in [0.29, 0.717) is 0 Å². The van der Waals surface area contributed by atoms with Crippen LogP contribution in [-0.2, 0) is 0 Å². The van der Waals surface area contributed by atoms with Crippen molar-refractivity contribution < 1.29 is 0 Å². The second-order valence-electron chi connectivity index (χ2n) is 2.12. The zero-order valence-electron chi connectivity index (χ0n) is 6.06. The molecule has 0 aliphatic heterocycles. The molecule has 0 aromatic rings. The molecule has 0 radical (unpaired) electrons. The lowest BCUT2D eigenvalue weighted by Gasteiger charge is -1.92. The highest BCUT2D eigenvalue weighted by molar-refractivity contribution is 5.02. The molecule has 0 aromatic heterocycles. The van der Waals surface area contributed by atoms with E-state index in [-0.39, 0.29) is 0 Å². The maximum absolute atomic E-state index is 5.30. The second kappa shape index (κ2) is 5.57. The summed E-state index contributed by atoms with van der Waals surface area (Å²) in [7, 11) is 0. The first kappa shape index (κ1) is 8.44. The van der Waals surface area contributed by atoms with E-state index in [4.69, 9.17) is 5.73 Å². The molecule has 0 fully saturated rings. The molecule has 0 saturated carbocycles. The van der Waals surface area contributed by atoms with E-state index in [1.165, 1.54) is 5.57 Å². The fraction of sp³-hybridized carbons (Fsp3) is 0.500. The van der Waals surface area contributed by atoms with Gasteiger partial charge < -0.3 is 5.73 Å². The molecular formula is C8H15N. The Labute approximate surface area is 57.3 Å². The third kappa shape index (κ3) is 5.31. The van der Waals surface area contributed by atoms with Crippen LogP contribution in [0.1, 0.15) is 19.8 Å². The van der Waals surface area contributed by atoms with Crippen molar-refractivity contribution in [3.63, 3.8) is 0 Å². The lowest BCUT2D eigenvalue weighted by atomic mass is 10.2. The van der Waals surface area contributed by atoms with Gasteiger partial charge in [0.2, 0.25) is 0 Å². The quantitative estimate of drug-likeness (QED) is 0.570. The van der Waals surface area contributed by atoms with Crippen LogP contribution in [0.3, 0.4) is 0 Å². The van der Waals surface area contributed by atoms with Crippen molar-refractivity contribution in [2.75, 3.05) is 6.54 Å².